The van der Waals surface area contributed by atoms with E-state index >= 15 is 0 Å². The number of hydrogen-bond acceptors (Lipinski definition) is 2. The van der Waals surface area contributed by atoms with Gasteiger partial charge in [0.1, 0.15) is 5.82 Å². The maximum atomic E-state index is 13.5. The molecule has 0 spiro atoms. The quantitative estimate of drug-likeness (QED) is 0.653. The Morgan fingerprint density at radius 2 is 2.05 bits per heavy atom. The van der Waals surface area contributed by atoms with Crippen LogP contribution in [-0.4, -0.2) is 19.6 Å². The third-order valence-corrected chi connectivity index (χ3v) is 2.96. The van der Waals surface area contributed by atoms with E-state index < -0.39 is 17.6 Å². The Kier molecular flexibility index (Phi) is 4.09. The van der Waals surface area contributed by atoms with Crippen LogP contribution in [0.2, 0.25) is 0 Å². The van der Waals surface area contributed by atoms with Crippen molar-refractivity contribution >= 4 is 5.69 Å². The van der Waals surface area contributed by atoms with Crippen molar-refractivity contribution in [2.75, 3.05) is 25.0 Å². The summed E-state index contributed by atoms with van der Waals surface area (Å²) in [6, 6.07) is 2.52. The molecule has 0 saturated carbocycles. The number of anilines is 1. The summed E-state index contributed by atoms with van der Waals surface area (Å²) in [4.78, 5) is 0. The number of alkyl halides is 3. The molecule has 104 valence electrons. The van der Waals surface area contributed by atoms with Crippen LogP contribution < -0.4 is 10.6 Å². The predicted octanol–water partition coefficient (Wildman–Crippen LogP) is 3.18. The molecule has 0 radical (unpaired) electrons. The van der Waals surface area contributed by atoms with E-state index in [9.17, 15) is 17.6 Å². The van der Waals surface area contributed by atoms with Crippen LogP contribution in [0, 0.1) is 5.82 Å². The highest BCUT2D eigenvalue weighted by Gasteiger charge is 2.31. The molecular weight excluding hydrogens is 260 g/mol. The summed E-state index contributed by atoms with van der Waals surface area (Å²) < 4.78 is 50.7. The van der Waals surface area contributed by atoms with E-state index in [2.05, 4.69) is 10.6 Å². The van der Waals surface area contributed by atoms with Crippen molar-refractivity contribution in [1.29, 1.82) is 0 Å². The zero-order valence-corrected chi connectivity index (χ0v) is 10.1. The van der Waals surface area contributed by atoms with Gasteiger partial charge in [-0.25, -0.2) is 4.39 Å². The smallest absolute Gasteiger partial charge is 0.379 e. The lowest BCUT2D eigenvalue weighted by atomic mass is 10.1. The van der Waals surface area contributed by atoms with Crippen LogP contribution in [0.25, 0.3) is 0 Å². The SMILES string of the molecule is Fc1cc(C(F)(F)F)ccc1NCC1=CCNCC1. The molecule has 0 atom stereocenters. The Balaban J connectivity index is 2.03. The summed E-state index contributed by atoms with van der Waals surface area (Å²) >= 11 is 0. The predicted molar refractivity (Wildman–Crippen MR) is 65.5 cm³/mol. The minimum absolute atomic E-state index is 0.0902. The largest absolute Gasteiger partial charge is 0.416 e. The van der Waals surface area contributed by atoms with Crippen LogP contribution in [0.1, 0.15) is 12.0 Å². The van der Waals surface area contributed by atoms with Crippen LogP contribution in [0.5, 0.6) is 0 Å². The molecule has 2 N–H and O–H groups in total. The molecular formula is C13H14F4N2. The summed E-state index contributed by atoms with van der Waals surface area (Å²) in [5, 5.41) is 5.97. The first-order chi connectivity index (χ1) is 8.97. The average Bonchev–Trinajstić information content (AvgIpc) is 2.37. The summed E-state index contributed by atoms with van der Waals surface area (Å²) in [6.45, 7) is 2.08. The van der Waals surface area contributed by atoms with Gasteiger partial charge in [-0.05, 0) is 31.2 Å². The van der Waals surface area contributed by atoms with Gasteiger partial charge in [-0.1, -0.05) is 11.6 Å². The lowest BCUT2D eigenvalue weighted by Crippen LogP contribution is -2.23. The van der Waals surface area contributed by atoms with Gasteiger partial charge in [0, 0.05) is 13.1 Å². The second-order valence-electron chi connectivity index (χ2n) is 4.36. The van der Waals surface area contributed by atoms with E-state index in [-0.39, 0.29) is 5.69 Å². The molecule has 19 heavy (non-hydrogen) atoms. The average molecular weight is 274 g/mol. The van der Waals surface area contributed by atoms with Crippen LogP contribution in [-0.2, 0) is 6.18 Å². The molecule has 1 aromatic carbocycles. The van der Waals surface area contributed by atoms with E-state index in [1.807, 2.05) is 6.08 Å². The van der Waals surface area contributed by atoms with Gasteiger partial charge < -0.3 is 10.6 Å². The molecule has 1 aromatic rings. The molecule has 1 aliphatic rings. The number of halogens is 4. The maximum absolute atomic E-state index is 13.5. The number of hydrogen-bond donors (Lipinski definition) is 2. The first-order valence-electron chi connectivity index (χ1n) is 5.96. The highest BCUT2D eigenvalue weighted by molar-refractivity contribution is 5.47. The van der Waals surface area contributed by atoms with Crippen LogP contribution in [0.4, 0.5) is 23.2 Å². The zero-order chi connectivity index (χ0) is 13.9. The fraction of sp³-hybridized carbons (Fsp3) is 0.385. The minimum atomic E-state index is -4.52. The second-order valence-corrected chi connectivity index (χ2v) is 4.36. The lowest BCUT2D eigenvalue weighted by molar-refractivity contribution is -0.137. The third kappa shape index (κ3) is 3.70. The van der Waals surface area contributed by atoms with Gasteiger partial charge in [-0.15, -0.1) is 0 Å². The fourth-order valence-corrected chi connectivity index (χ4v) is 1.87. The van der Waals surface area contributed by atoms with Gasteiger partial charge in [0.05, 0.1) is 11.3 Å². The molecule has 0 fully saturated rings. The molecule has 2 nitrogen and oxygen atoms in total. The van der Waals surface area contributed by atoms with Crippen molar-refractivity contribution in [2.45, 2.75) is 12.6 Å². The molecule has 0 aromatic heterocycles. The monoisotopic (exact) mass is 274 g/mol. The highest BCUT2D eigenvalue weighted by atomic mass is 19.4. The van der Waals surface area contributed by atoms with E-state index in [1.165, 1.54) is 0 Å². The Labute approximate surface area is 108 Å². The lowest BCUT2D eigenvalue weighted by Gasteiger charge is -2.16. The van der Waals surface area contributed by atoms with Gasteiger partial charge in [0.2, 0.25) is 0 Å². The molecule has 1 aliphatic heterocycles. The van der Waals surface area contributed by atoms with Crippen LogP contribution in [0.3, 0.4) is 0 Å². The van der Waals surface area contributed by atoms with Crippen molar-refractivity contribution in [3.63, 3.8) is 0 Å². The van der Waals surface area contributed by atoms with Gasteiger partial charge in [-0.3, -0.25) is 0 Å². The van der Waals surface area contributed by atoms with Crippen molar-refractivity contribution < 1.29 is 17.6 Å². The Bertz CT molecular complexity index is 480. The van der Waals surface area contributed by atoms with Crippen molar-refractivity contribution in [2.24, 2.45) is 0 Å². The number of rotatable bonds is 3. The zero-order valence-electron chi connectivity index (χ0n) is 10.1. The minimum Gasteiger partial charge on any atom is -0.379 e. The standard InChI is InChI=1S/C13H14F4N2/c14-11-7-10(13(15,16)17)1-2-12(11)19-8-9-3-5-18-6-4-9/h1-3,7,18-19H,4-6,8H2. The first-order valence-corrected chi connectivity index (χ1v) is 5.96. The van der Waals surface area contributed by atoms with Gasteiger partial charge in [0.25, 0.3) is 0 Å². The van der Waals surface area contributed by atoms with Crippen LogP contribution in [0.15, 0.2) is 29.8 Å². The summed E-state index contributed by atoms with van der Waals surface area (Å²) in [5.74, 6) is -0.885. The van der Waals surface area contributed by atoms with E-state index in [1.54, 1.807) is 0 Å². The Hall–Kier alpha value is -1.56. The van der Waals surface area contributed by atoms with E-state index in [0.29, 0.717) is 12.6 Å². The molecule has 0 unspecified atom stereocenters. The van der Waals surface area contributed by atoms with Gasteiger partial charge >= 0.3 is 6.18 Å². The summed E-state index contributed by atoms with van der Waals surface area (Å²) in [5.41, 5.74) is 0.238. The van der Waals surface area contributed by atoms with Crippen LogP contribution >= 0.6 is 0 Å². The number of nitrogens with one attached hydrogen (secondary N) is 2. The molecule has 1 heterocycles. The normalized spacial score (nSPS) is 16.1. The molecule has 0 bridgehead atoms. The first kappa shape index (κ1) is 13.9. The topological polar surface area (TPSA) is 24.1 Å². The summed E-state index contributed by atoms with van der Waals surface area (Å²) in [6.07, 6.45) is -1.66. The maximum Gasteiger partial charge on any atom is 0.416 e. The van der Waals surface area contributed by atoms with E-state index in [4.69, 9.17) is 0 Å². The summed E-state index contributed by atoms with van der Waals surface area (Å²) in [7, 11) is 0. The number of benzene rings is 1. The Morgan fingerprint density at radius 1 is 1.26 bits per heavy atom. The van der Waals surface area contributed by atoms with Crippen molar-refractivity contribution in [3.8, 4) is 0 Å². The van der Waals surface area contributed by atoms with Crippen molar-refractivity contribution in [3.05, 3.63) is 41.2 Å². The molecule has 2 rings (SSSR count). The van der Waals surface area contributed by atoms with Crippen molar-refractivity contribution in [1.82, 2.24) is 5.32 Å². The highest BCUT2D eigenvalue weighted by Crippen LogP contribution is 2.31. The molecule has 0 amide bonds. The second kappa shape index (κ2) is 5.61. The molecule has 0 aliphatic carbocycles. The fourth-order valence-electron chi connectivity index (χ4n) is 1.87. The third-order valence-electron chi connectivity index (χ3n) is 2.96. The molecule has 0 saturated heterocycles. The molecule has 6 heteroatoms. The van der Waals surface area contributed by atoms with E-state index in [0.717, 1.165) is 37.2 Å². The van der Waals surface area contributed by atoms with Gasteiger partial charge in [-0.2, -0.15) is 13.2 Å². The van der Waals surface area contributed by atoms with Gasteiger partial charge in [0.15, 0.2) is 0 Å². The Morgan fingerprint density at radius 3 is 2.63 bits per heavy atom.